The third-order valence-corrected chi connectivity index (χ3v) is 7.26. The fraction of sp³-hybridized carbons (Fsp3) is 0.240. The number of rotatable bonds is 6. The van der Waals surface area contributed by atoms with Crippen LogP contribution in [-0.2, 0) is 23.6 Å². The normalized spacial score (nSPS) is 12.0. The van der Waals surface area contributed by atoms with Crippen LogP contribution in [0.25, 0.3) is 16.5 Å². The van der Waals surface area contributed by atoms with Crippen molar-refractivity contribution in [2.75, 3.05) is 0 Å². The van der Waals surface area contributed by atoms with Crippen LogP contribution in [0.2, 0.25) is 0 Å². The third kappa shape index (κ3) is 4.01. The van der Waals surface area contributed by atoms with Crippen LogP contribution < -0.4 is 10.3 Å². The first-order valence-corrected chi connectivity index (χ1v) is 12.0. The molecule has 1 heterocycles. The highest BCUT2D eigenvalue weighted by Gasteiger charge is 2.19. The Kier molecular flexibility index (Phi) is 5.79. The second kappa shape index (κ2) is 8.41. The van der Waals surface area contributed by atoms with Crippen molar-refractivity contribution in [2.24, 2.45) is 7.05 Å². The summed E-state index contributed by atoms with van der Waals surface area (Å²) in [6.07, 6.45) is 0. The van der Waals surface area contributed by atoms with Crippen LogP contribution in [0.4, 0.5) is 0 Å². The Labute approximate surface area is 188 Å². The lowest BCUT2D eigenvalue weighted by Crippen LogP contribution is -2.24. The SMILES string of the molecule is Cc1c(C(C)C)c(=O)n(-c2ccc(S(=O)(=O)NCc3ccc4ccccc4c3)cc2)n1C. The molecule has 1 aromatic heterocycles. The number of aromatic nitrogens is 2. The maximum Gasteiger partial charge on any atom is 0.275 e. The molecule has 0 amide bonds. The molecule has 0 spiro atoms. The van der Waals surface area contributed by atoms with Gasteiger partial charge in [0.05, 0.1) is 10.6 Å². The molecular formula is C25H27N3O3S. The lowest BCUT2D eigenvalue weighted by Gasteiger charge is -2.11. The minimum atomic E-state index is -3.69. The van der Waals surface area contributed by atoms with E-state index >= 15 is 0 Å². The average Bonchev–Trinajstić information content (AvgIpc) is 3.00. The number of nitrogens with zero attached hydrogens (tertiary/aromatic N) is 2. The van der Waals surface area contributed by atoms with Crippen LogP contribution in [0.15, 0.2) is 76.4 Å². The first-order valence-electron chi connectivity index (χ1n) is 10.6. The quantitative estimate of drug-likeness (QED) is 0.479. The molecule has 0 radical (unpaired) electrons. The number of nitrogens with one attached hydrogen (secondary N) is 1. The van der Waals surface area contributed by atoms with Crippen molar-refractivity contribution in [3.05, 3.63) is 93.9 Å². The van der Waals surface area contributed by atoms with Crippen LogP contribution in [0.5, 0.6) is 0 Å². The van der Waals surface area contributed by atoms with Gasteiger partial charge in [0.1, 0.15) is 0 Å². The zero-order valence-corrected chi connectivity index (χ0v) is 19.5. The summed E-state index contributed by atoms with van der Waals surface area (Å²) in [6, 6.07) is 20.2. The standard InChI is InChI=1S/C25H27N3O3S/c1-17(2)24-18(3)27(4)28(25(24)29)22-11-13-23(14-12-22)32(30,31)26-16-19-9-10-20-7-5-6-8-21(20)15-19/h5-15,17,26H,16H2,1-4H3. The molecule has 32 heavy (non-hydrogen) atoms. The molecule has 0 atom stereocenters. The van der Waals surface area contributed by atoms with E-state index in [2.05, 4.69) is 4.72 Å². The summed E-state index contributed by atoms with van der Waals surface area (Å²) in [5, 5.41) is 2.18. The summed E-state index contributed by atoms with van der Waals surface area (Å²) in [5.41, 5.74) is 3.10. The van der Waals surface area contributed by atoms with Crippen molar-refractivity contribution in [1.82, 2.24) is 14.1 Å². The fourth-order valence-electron chi connectivity index (χ4n) is 4.06. The van der Waals surface area contributed by atoms with E-state index in [1.54, 1.807) is 21.5 Å². The molecule has 1 N–H and O–H groups in total. The average molecular weight is 450 g/mol. The molecule has 0 aliphatic heterocycles. The van der Waals surface area contributed by atoms with Gasteiger partial charge in [0, 0.05) is 24.8 Å². The third-order valence-electron chi connectivity index (χ3n) is 5.85. The van der Waals surface area contributed by atoms with E-state index in [-0.39, 0.29) is 22.9 Å². The Balaban J connectivity index is 1.57. The van der Waals surface area contributed by atoms with Crippen molar-refractivity contribution in [3.8, 4) is 5.69 Å². The molecule has 166 valence electrons. The van der Waals surface area contributed by atoms with Crippen LogP contribution in [-0.4, -0.2) is 17.8 Å². The fourth-order valence-corrected chi connectivity index (χ4v) is 5.08. The van der Waals surface area contributed by atoms with Crippen molar-refractivity contribution in [3.63, 3.8) is 0 Å². The summed E-state index contributed by atoms with van der Waals surface area (Å²) in [5.74, 6) is 0.105. The van der Waals surface area contributed by atoms with Gasteiger partial charge in [-0.3, -0.25) is 9.48 Å². The first-order chi connectivity index (χ1) is 15.2. The van der Waals surface area contributed by atoms with Crippen molar-refractivity contribution >= 4 is 20.8 Å². The molecule has 0 aliphatic carbocycles. The number of fused-ring (bicyclic) bond motifs is 1. The van der Waals surface area contributed by atoms with E-state index in [9.17, 15) is 13.2 Å². The van der Waals surface area contributed by atoms with Crippen LogP contribution in [0, 0.1) is 6.92 Å². The lowest BCUT2D eigenvalue weighted by molar-refractivity contribution is 0.581. The zero-order valence-electron chi connectivity index (χ0n) is 18.7. The van der Waals surface area contributed by atoms with Gasteiger partial charge in [-0.2, -0.15) is 0 Å². The molecular weight excluding hydrogens is 422 g/mol. The Morgan fingerprint density at radius 1 is 0.938 bits per heavy atom. The van der Waals surface area contributed by atoms with E-state index in [1.807, 2.05) is 70.3 Å². The lowest BCUT2D eigenvalue weighted by atomic mass is 10.0. The topological polar surface area (TPSA) is 73.1 Å². The van der Waals surface area contributed by atoms with E-state index in [0.717, 1.165) is 27.6 Å². The molecule has 0 bridgehead atoms. The second-order valence-corrected chi connectivity index (χ2v) is 10.1. The Bertz CT molecular complexity index is 1450. The minimum absolute atomic E-state index is 0.0787. The number of hydrogen-bond acceptors (Lipinski definition) is 3. The summed E-state index contributed by atoms with van der Waals surface area (Å²) in [7, 11) is -1.86. The second-order valence-electron chi connectivity index (χ2n) is 8.29. The predicted molar refractivity (Wildman–Crippen MR) is 128 cm³/mol. The Morgan fingerprint density at radius 2 is 1.59 bits per heavy atom. The van der Waals surface area contributed by atoms with Gasteiger partial charge in [-0.1, -0.05) is 50.2 Å². The first kappa shape index (κ1) is 22.0. The maximum atomic E-state index is 12.9. The van der Waals surface area contributed by atoms with E-state index in [1.165, 1.54) is 12.1 Å². The maximum absolute atomic E-state index is 12.9. The van der Waals surface area contributed by atoms with Crippen molar-refractivity contribution in [2.45, 2.75) is 38.1 Å². The van der Waals surface area contributed by atoms with Gasteiger partial charge >= 0.3 is 0 Å². The molecule has 0 aliphatic rings. The van der Waals surface area contributed by atoms with Gasteiger partial charge in [0.2, 0.25) is 10.0 Å². The summed E-state index contributed by atoms with van der Waals surface area (Å²) in [6.45, 7) is 6.10. The largest absolute Gasteiger partial charge is 0.285 e. The summed E-state index contributed by atoms with van der Waals surface area (Å²) in [4.78, 5) is 13.1. The van der Waals surface area contributed by atoms with Gasteiger partial charge in [-0.25, -0.2) is 17.8 Å². The number of hydrogen-bond donors (Lipinski definition) is 1. The van der Waals surface area contributed by atoms with Crippen LogP contribution in [0.3, 0.4) is 0 Å². The highest BCUT2D eigenvalue weighted by atomic mass is 32.2. The van der Waals surface area contributed by atoms with Gasteiger partial charge in [0.15, 0.2) is 0 Å². The molecule has 7 heteroatoms. The van der Waals surface area contributed by atoms with E-state index in [0.29, 0.717) is 5.69 Å². The zero-order chi connectivity index (χ0) is 23.0. The predicted octanol–water partition coefficient (Wildman–Crippen LogP) is 4.24. The number of benzene rings is 3. The molecule has 6 nitrogen and oxygen atoms in total. The summed E-state index contributed by atoms with van der Waals surface area (Å²) < 4.78 is 31.7. The molecule has 0 saturated carbocycles. The highest BCUT2D eigenvalue weighted by Crippen LogP contribution is 2.20. The van der Waals surface area contributed by atoms with Gasteiger partial charge in [-0.05, 0) is 59.5 Å². The van der Waals surface area contributed by atoms with Gasteiger partial charge in [0.25, 0.3) is 5.56 Å². The Hall–Kier alpha value is -3.16. The molecule has 0 saturated heterocycles. The smallest absolute Gasteiger partial charge is 0.275 e. The highest BCUT2D eigenvalue weighted by molar-refractivity contribution is 7.89. The minimum Gasteiger partial charge on any atom is -0.285 e. The monoisotopic (exact) mass is 449 g/mol. The van der Waals surface area contributed by atoms with E-state index in [4.69, 9.17) is 0 Å². The van der Waals surface area contributed by atoms with E-state index < -0.39 is 10.0 Å². The van der Waals surface area contributed by atoms with Crippen LogP contribution >= 0.6 is 0 Å². The molecule has 3 aromatic carbocycles. The molecule has 4 rings (SSSR count). The van der Waals surface area contributed by atoms with Gasteiger partial charge < -0.3 is 0 Å². The molecule has 0 unspecified atom stereocenters. The van der Waals surface area contributed by atoms with Crippen LogP contribution in [0.1, 0.15) is 36.6 Å². The molecule has 0 fully saturated rings. The molecule has 4 aromatic rings. The van der Waals surface area contributed by atoms with Gasteiger partial charge in [-0.15, -0.1) is 0 Å². The van der Waals surface area contributed by atoms with Crippen molar-refractivity contribution < 1.29 is 8.42 Å². The Morgan fingerprint density at radius 3 is 2.22 bits per heavy atom. The van der Waals surface area contributed by atoms with Crippen molar-refractivity contribution in [1.29, 1.82) is 0 Å². The number of sulfonamides is 1. The summed E-state index contributed by atoms with van der Waals surface area (Å²) >= 11 is 0.